The van der Waals surface area contributed by atoms with Gasteiger partial charge in [-0.3, -0.25) is 9.67 Å². The molecule has 0 aliphatic carbocycles. The van der Waals surface area contributed by atoms with Crippen molar-refractivity contribution in [3.05, 3.63) is 71.8 Å². The molecule has 0 fully saturated rings. The molecule has 0 saturated carbocycles. The predicted octanol–water partition coefficient (Wildman–Crippen LogP) is 5.71. The Bertz CT molecular complexity index is 1440. The third kappa shape index (κ3) is 4.19. The van der Waals surface area contributed by atoms with E-state index >= 15 is 0 Å². The van der Waals surface area contributed by atoms with Crippen LogP contribution >= 0.6 is 12.0 Å². The van der Waals surface area contributed by atoms with Crippen LogP contribution in [0.4, 0.5) is 11.5 Å². The van der Waals surface area contributed by atoms with Crippen LogP contribution in [0.2, 0.25) is 0 Å². The van der Waals surface area contributed by atoms with E-state index in [0.717, 1.165) is 49.7 Å². The average Bonchev–Trinajstić information content (AvgIpc) is 3.26. The largest absolute Gasteiger partial charge is 0.337 e. The number of nitrogens with zero attached hydrogens (tertiary/aromatic N) is 5. The van der Waals surface area contributed by atoms with Crippen LogP contribution in [0.5, 0.6) is 0 Å². The van der Waals surface area contributed by atoms with Gasteiger partial charge >= 0.3 is 0 Å². The second-order valence-electron chi connectivity index (χ2n) is 8.13. The maximum atomic E-state index is 5.79. The summed E-state index contributed by atoms with van der Waals surface area (Å²) in [5, 5.41) is 10.4. The van der Waals surface area contributed by atoms with Crippen LogP contribution in [0, 0.1) is 20.8 Å². The highest BCUT2D eigenvalue weighted by molar-refractivity contribution is 7.94. The predicted molar refractivity (Wildman–Crippen MR) is 134 cm³/mol. The molecule has 4 aromatic heterocycles. The van der Waals surface area contributed by atoms with Gasteiger partial charge in [0.25, 0.3) is 0 Å². The van der Waals surface area contributed by atoms with E-state index in [1.807, 2.05) is 43.2 Å². The van der Waals surface area contributed by atoms with Crippen LogP contribution in [-0.2, 0) is 17.8 Å². The van der Waals surface area contributed by atoms with Crippen molar-refractivity contribution in [1.29, 1.82) is 0 Å². The van der Waals surface area contributed by atoms with Gasteiger partial charge in [-0.05, 0) is 51.1 Å². The lowest BCUT2D eigenvalue weighted by Crippen LogP contribution is -2.07. The van der Waals surface area contributed by atoms with Crippen LogP contribution in [-0.4, -0.2) is 30.9 Å². The molecule has 0 aliphatic heterocycles. The second kappa shape index (κ2) is 8.88. The molecule has 0 radical (unpaired) electrons. The van der Waals surface area contributed by atoms with Gasteiger partial charge in [-0.15, -0.1) is 0 Å². The maximum absolute atomic E-state index is 5.79. The lowest BCUT2D eigenvalue weighted by molar-refractivity contribution is 0.335. The minimum atomic E-state index is 0.564. The SMILES string of the molecule is Cc1ccc(SOCCn2nc(C)c(Nc3ccc4c5cnccc5n(C)c4n3)c2C)cc1. The Hall–Kier alpha value is -3.36. The van der Waals surface area contributed by atoms with Crippen LogP contribution in [0.1, 0.15) is 17.0 Å². The molecular formula is C25H26N6OS. The molecule has 168 valence electrons. The van der Waals surface area contributed by atoms with Crippen molar-refractivity contribution in [2.24, 2.45) is 7.05 Å². The van der Waals surface area contributed by atoms with Crippen LogP contribution in [0.25, 0.3) is 21.9 Å². The summed E-state index contributed by atoms with van der Waals surface area (Å²) in [6.07, 6.45) is 3.70. The average molecular weight is 459 g/mol. The van der Waals surface area contributed by atoms with Gasteiger partial charge < -0.3 is 14.1 Å². The number of anilines is 2. The smallest absolute Gasteiger partial charge is 0.143 e. The van der Waals surface area contributed by atoms with Crippen molar-refractivity contribution in [1.82, 2.24) is 24.3 Å². The first-order valence-corrected chi connectivity index (χ1v) is 11.6. The summed E-state index contributed by atoms with van der Waals surface area (Å²) in [5.74, 6) is 0.790. The third-order valence-electron chi connectivity index (χ3n) is 5.84. The molecule has 5 aromatic rings. The Labute approximate surface area is 197 Å². The Morgan fingerprint density at radius 2 is 1.82 bits per heavy atom. The fourth-order valence-corrected chi connectivity index (χ4v) is 4.58. The van der Waals surface area contributed by atoms with Gasteiger partial charge in [0.15, 0.2) is 0 Å². The van der Waals surface area contributed by atoms with E-state index in [9.17, 15) is 0 Å². The minimum absolute atomic E-state index is 0.564. The van der Waals surface area contributed by atoms with E-state index in [1.54, 1.807) is 0 Å². The highest BCUT2D eigenvalue weighted by Gasteiger charge is 2.14. The van der Waals surface area contributed by atoms with Crippen molar-refractivity contribution >= 4 is 45.5 Å². The van der Waals surface area contributed by atoms with Gasteiger partial charge in [0.05, 0.1) is 35.7 Å². The number of pyridine rings is 2. The zero-order valence-electron chi connectivity index (χ0n) is 19.2. The number of nitrogens with one attached hydrogen (secondary N) is 1. The summed E-state index contributed by atoms with van der Waals surface area (Å²) in [6, 6.07) is 14.4. The maximum Gasteiger partial charge on any atom is 0.143 e. The van der Waals surface area contributed by atoms with Gasteiger partial charge in [-0.25, -0.2) is 4.98 Å². The third-order valence-corrected chi connectivity index (χ3v) is 6.59. The van der Waals surface area contributed by atoms with E-state index in [4.69, 9.17) is 14.3 Å². The molecule has 0 spiro atoms. The number of rotatable bonds is 7. The highest BCUT2D eigenvalue weighted by Crippen LogP contribution is 2.29. The lowest BCUT2D eigenvalue weighted by Gasteiger charge is -2.08. The van der Waals surface area contributed by atoms with Crippen LogP contribution in [0.15, 0.2) is 59.8 Å². The summed E-state index contributed by atoms with van der Waals surface area (Å²) in [7, 11) is 2.03. The van der Waals surface area contributed by atoms with E-state index in [2.05, 4.69) is 59.0 Å². The Morgan fingerprint density at radius 1 is 1.00 bits per heavy atom. The molecule has 33 heavy (non-hydrogen) atoms. The van der Waals surface area contributed by atoms with Crippen molar-refractivity contribution in [3.8, 4) is 0 Å². The number of aryl methyl sites for hydroxylation is 3. The first-order chi connectivity index (χ1) is 16.0. The molecule has 1 aromatic carbocycles. The van der Waals surface area contributed by atoms with Gasteiger partial charge in [0.2, 0.25) is 0 Å². The Balaban J connectivity index is 1.30. The molecule has 7 nitrogen and oxygen atoms in total. The fraction of sp³-hybridized carbons (Fsp3) is 0.240. The van der Waals surface area contributed by atoms with Crippen molar-refractivity contribution in [2.75, 3.05) is 11.9 Å². The quantitative estimate of drug-likeness (QED) is 0.249. The molecule has 0 unspecified atom stereocenters. The van der Waals surface area contributed by atoms with Crippen molar-refractivity contribution in [2.45, 2.75) is 32.2 Å². The molecular weight excluding hydrogens is 432 g/mol. The number of hydrogen-bond acceptors (Lipinski definition) is 6. The van der Waals surface area contributed by atoms with E-state index < -0.39 is 0 Å². The van der Waals surface area contributed by atoms with E-state index in [-0.39, 0.29) is 0 Å². The van der Waals surface area contributed by atoms with Gasteiger partial charge in [0, 0.05) is 47.2 Å². The zero-order chi connectivity index (χ0) is 22.9. The summed E-state index contributed by atoms with van der Waals surface area (Å²) in [6.45, 7) is 7.39. The number of aromatic nitrogens is 5. The molecule has 1 N–H and O–H groups in total. The first-order valence-electron chi connectivity index (χ1n) is 10.9. The van der Waals surface area contributed by atoms with Crippen LogP contribution in [0.3, 0.4) is 0 Å². The van der Waals surface area contributed by atoms with E-state index in [0.29, 0.717) is 13.2 Å². The first kappa shape index (κ1) is 21.5. The number of hydrogen-bond donors (Lipinski definition) is 1. The van der Waals surface area contributed by atoms with Gasteiger partial charge in [0.1, 0.15) is 11.5 Å². The summed E-state index contributed by atoms with van der Waals surface area (Å²) in [5.41, 5.74) is 6.25. The lowest BCUT2D eigenvalue weighted by atomic mass is 10.2. The number of fused-ring (bicyclic) bond motifs is 3. The molecule has 0 saturated heterocycles. The Kier molecular flexibility index (Phi) is 5.78. The van der Waals surface area contributed by atoms with Crippen molar-refractivity contribution in [3.63, 3.8) is 0 Å². The zero-order valence-corrected chi connectivity index (χ0v) is 20.0. The second-order valence-corrected chi connectivity index (χ2v) is 9.01. The van der Waals surface area contributed by atoms with Gasteiger partial charge in [-0.2, -0.15) is 5.10 Å². The molecule has 0 amide bonds. The molecule has 5 rings (SSSR count). The summed E-state index contributed by atoms with van der Waals surface area (Å²) < 4.78 is 9.87. The summed E-state index contributed by atoms with van der Waals surface area (Å²) >= 11 is 1.40. The molecule has 8 heteroatoms. The molecule has 4 heterocycles. The van der Waals surface area contributed by atoms with Gasteiger partial charge in [-0.1, -0.05) is 17.7 Å². The molecule has 0 bridgehead atoms. The monoisotopic (exact) mass is 458 g/mol. The fourth-order valence-electron chi connectivity index (χ4n) is 4.04. The topological polar surface area (TPSA) is 69.8 Å². The standard InChI is InChI=1S/C25H26N6OS/c1-16-5-7-19(8-6-16)33-32-14-13-31-18(3)24(17(2)29-31)27-23-10-9-20-21-15-26-12-11-22(21)30(4)25(20)28-23/h5-12,15H,13-14H2,1-4H3,(H,27,28). The van der Waals surface area contributed by atoms with Crippen molar-refractivity contribution < 1.29 is 4.18 Å². The normalized spacial score (nSPS) is 11.5. The number of benzene rings is 1. The highest BCUT2D eigenvalue weighted by atomic mass is 32.2. The minimum Gasteiger partial charge on any atom is -0.337 e. The van der Waals surface area contributed by atoms with E-state index in [1.165, 1.54) is 17.6 Å². The molecule has 0 atom stereocenters. The summed E-state index contributed by atoms with van der Waals surface area (Å²) in [4.78, 5) is 10.2. The Morgan fingerprint density at radius 3 is 2.64 bits per heavy atom. The molecule has 0 aliphatic rings. The van der Waals surface area contributed by atoms with Crippen LogP contribution < -0.4 is 5.32 Å².